The predicted molar refractivity (Wildman–Crippen MR) is 81.9 cm³/mol. The van der Waals surface area contributed by atoms with Crippen LogP contribution in [-0.4, -0.2) is 34.0 Å². The fourth-order valence-corrected chi connectivity index (χ4v) is 3.88. The van der Waals surface area contributed by atoms with Gasteiger partial charge in [0.05, 0.1) is 0 Å². The SMILES string of the molecule is CC(=O)N(C1CC1)C(C(=O)O)C1CCC(C(C)(C)C)CC1. The molecule has 1 N–H and O–H groups in total. The Kier molecular flexibility index (Phi) is 4.64. The Hall–Kier alpha value is -1.06. The van der Waals surface area contributed by atoms with E-state index in [0.717, 1.165) is 38.5 Å². The van der Waals surface area contributed by atoms with Crippen molar-refractivity contribution in [1.29, 1.82) is 0 Å². The minimum atomic E-state index is -0.823. The molecule has 1 atom stereocenters. The Balaban J connectivity index is 2.07. The Morgan fingerprint density at radius 3 is 1.90 bits per heavy atom. The van der Waals surface area contributed by atoms with Crippen LogP contribution in [0.2, 0.25) is 0 Å². The topological polar surface area (TPSA) is 57.6 Å². The molecule has 0 aromatic heterocycles. The summed E-state index contributed by atoms with van der Waals surface area (Å²) >= 11 is 0. The van der Waals surface area contributed by atoms with Gasteiger partial charge >= 0.3 is 5.97 Å². The average molecular weight is 295 g/mol. The summed E-state index contributed by atoms with van der Waals surface area (Å²) in [4.78, 5) is 25.3. The summed E-state index contributed by atoms with van der Waals surface area (Å²) in [5, 5.41) is 9.65. The zero-order valence-electron chi connectivity index (χ0n) is 13.8. The van der Waals surface area contributed by atoms with Gasteiger partial charge in [-0.1, -0.05) is 20.8 Å². The van der Waals surface area contributed by atoms with E-state index in [-0.39, 0.29) is 17.9 Å². The van der Waals surface area contributed by atoms with Crippen LogP contribution in [0.5, 0.6) is 0 Å². The average Bonchev–Trinajstić information content (AvgIpc) is 3.18. The number of carbonyl (C=O) groups excluding carboxylic acids is 1. The second-order valence-electron chi connectivity index (χ2n) is 7.92. The number of carbonyl (C=O) groups is 2. The molecule has 2 aliphatic rings. The van der Waals surface area contributed by atoms with Crippen molar-refractivity contribution >= 4 is 11.9 Å². The molecule has 4 heteroatoms. The first-order valence-electron chi connectivity index (χ1n) is 8.23. The number of hydrogen-bond donors (Lipinski definition) is 1. The number of carboxylic acid groups (broad SMARTS) is 1. The van der Waals surface area contributed by atoms with Crippen LogP contribution in [0.1, 0.15) is 66.2 Å². The Morgan fingerprint density at radius 2 is 1.57 bits per heavy atom. The van der Waals surface area contributed by atoms with E-state index in [1.165, 1.54) is 6.92 Å². The molecular formula is C17H29NO3. The lowest BCUT2D eigenvalue weighted by atomic mass is 9.68. The van der Waals surface area contributed by atoms with Gasteiger partial charge in [-0.3, -0.25) is 4.79 Å². The molecule has 1 amide bonds. The third-order valence-electron chi connectivity index (χ3n) is 5.30. The highest BCUT2D eigenvalue weighted by molar-refractivity contribution is 5.83. The summed E-state index contributed by atoms with van der Waals surface area (Å²) in [7, 11) is 0. The third kappa shape index (κ3) is 3.78. The van der Waals surface area contributed by atoms with Crippen LogP contribution in [0.4, 0.5) is 0 Å². The Bertz CT molecular complexity index is 401. The molecule has 4 nitrogen and oxygen atoms in total. The number of carboxylic acids is 1. The lowest BCUT2D eigenvalue weighted by molar-refractivity contribution is -0.153. The van der Waals surface area contributed by atoms with E-state index in [2.05, 4.69) is 20.8 Å². The molecule has 2 aliphatic carbocycles. The Morgan fingerprint density at radius 1 is 1.05 bits per heavy atom. The van der Waals surface area contributed by atoms with Crippen molar-refractivity contribution in [2.24, 2.45) is 17.3 Å². The maximum Gasteiger partial charge on any atom is 0.326 e. The molecular weight excluding hydrogens is 266 g/mol. The van der Waals surface area contributed by atoms with Crippen LogP contribution < -0.4 is 0 Å². The number of aliphatic carboxylic acids is 1. The third-order valence-corrected chi connectivity index (χ3v) is 5.30. The van der Waals surface area contributed by atoms with E-state index in [4.69, 9.17) is 0 Å². The molecule has 120 valence electrons. The standard InChI is InChI=1S/C17H29NO3/c1-11(19)18(14-9-10-14)15(16(20)21)12-5-7-13(8-6-12)17(2,3)4/h12-15H,5-10H2,1-4H3,(H,20,21). The predicted octanol–water partition coefficient (Wildman–Crippen LogP) is 3.30. The lowest BCUT2D eigenvalue weighted by Gasteiger charge is -2.41. The highest BCUT2D eigenvalue weighted by atomic mass is 16.4. The van der Waals surface area contributed by atoms with Gasteiger partial charge < -0.3 is 10.0 Å². The molecule has 2 rings (SSSR count). The summed E-state index contributed by atoms with van der Waals surface area (Å²) < 4.78 is 0. The van der Waals surface area contributed by atoms with Crippen LogP contribution >= 0.6 is 0 Å². The zero-order chi connectivity index (χ0) is 15.8. The minimum Gasteiger partial charge on any atom is -0.480 e. The summed E-state index contributed by atoms with van der Waals surface area (Å²) in [5.74, 6) is -0.125. The van der Waals surface area contributed by atoms with Crippen molar-refractivity contribution in [2.75, 3.05) is 0 Å². The van der Waals surface area contributed by atoms with Gasteiger partial charge in [0, 0.05) is 13.0 Å². The first kappa shape index (κ1) is 16.3. The van der Waals surface area contributed by atoms with E-state index < -0.39 is 12.0 Å². The number of rotatable bonds is 4. The molecule has 2 saturated carbocycles. The molecule has 21 heavy (non-hydrogen) atoms. The quantitative estimate of drug-likeness (QED) is 0.865. The first-order chi connectivity index (χ1) is 9.71. The van der Waals surface area contributed by atoms with E-state index in [9.17, 15) is 14.7 Å². The van der Waals surface area contributed by atoms with Crippen LogP contribution in [0.25, 0.3) is 0 Å². The molecule has 1 unspecified atom stereocenters. The summed E-state index contributed by atoms with van der Waals surface area (Å²) in [5.41, 5.74) is 0.292. The maximum atomic E-state index is 11.9. The van der Waals surface area contributed by atoms with Crippen molar-refractivity contribution in [2.45, 2.75) is 78.3 Å². The van der Waals surface area contributed by atoms with Crippen molar-refractivity contribution in [1.82, 2.24) is 4.90 Å². The second-order valence-corrected chi connectivity index (χ2v) is 7.92. The molecule has 0 bridgehead atoms. The van der Waals surface area contributed by atoms with Gasteiger partial charge in [-0.2, -0.15) is 0 Å². The molecule has 0 aliphatic heterocycles. The summed E-state index contributed by atoms with van der Waals surface area (Å²) in [6, 6.07) is -0.445. The fourth-order valence-electron chi connectivity index (χ4n) is 3.88. The number of amides is 1. The van der Waals surface area contributed by atoms with Gasteiger partial charge in [0.15, 0.2) is 0 Å². The highest BCUT2D eigenvalue weighted by Gasteiger charge is 2.44. The maximum absolute atomic E-state index is 11.9. The normalized spacial score (nSPS) is 28.0. The van der Waals surface area contributed by atoms with Gasteiger partial charge in [0.1, 0.15) is 6.04 Å². The molecule has 0 heterocycles. The van der Waals surface area contributed by atoms with E-state index in [1.807, 2.05) is 0 Å². The molecule has 0 radical (unpaired) electrons. The lowest BCUT2D eigenvalue weighted by Crippen LogP contribution is -2.50. The van der Waals surface area contributed by atoms with Crippen LogP contribution in [0.15, 0.2) is 0 Å². The summed E-state index contributed by atoms with van der Waals surface area (Å²) in [6.45, 7) is 8.30. The largest absolute Gasteiger partial charge is 0.480 e. The molecule has 0 saturated heterocycles. The van der Waals surface area contributed by atoms with Crippen LogP contribution in [-0.2, 0) is 9.59 Å². The van der Waals surface area contributed by atoms with E-state index in [1.54, 1.807) is 4.90 Å². The fraction of sp³-hybridized carbons (Fsp3) is 0.882. The van der Waals surface area contributed by atoms with Crippen molar-refractivity contribution in [3.63, 3.8) is 0 Å². The smallest absolute Gasteiger partial charge is 0.326 e. The number of hydrogen-bond acceptors (Lipinski definition) is 2. The van der Waals surface area contributed by atoms with Crippen molar-refractivity contribution < 1.29 is 14.7 Å². The van der Waals surface area contributed by atoms with Crippen LogP contribution in [0.3, 0.4) is 0 Å². The Labute approximate surface area is 127 Å². The van der Waals surface area contributed by atoms with Gasteiger partial charge in [0.2, 0.25) is 5.91 Å². The zero-order valence-corrected chi connectivity index (χ0v) is 13.8. The van der Waals surface area contributed by atoms with Gasteiger partial charge in [-0.15, -0.1) is 0 Å². The molecule has 0 aromatic carbocycles. The van der Waals surface area contributed by atoms with Crippen molar-refractivity contribution in [3.8, 4) is 0 Å². The monoisotopic (exact) mass is 295 g/mol. The van der Waals surface area contributed by atoms with E-state index >= 15 is 0 Å². The van der Waals surface area contributed by atoms with Gasteiger partial charge in [-0.25, -0.2) is 4.79 Å². The van der Waals surface area contributed by atoms with Gasteiger partial charge in [-0.05, 0) is 55.8 Å². The highest BCUT2D eigenvalue weighted by Crippen LogP contribution is 2.42. The van der Waals surface area contributed by atoms with Crippen molar-refractivity contribution in [3.05, 3.63) is 0 Å². The first-order valence-corrected chi connectivity index (χ1v) is 8.23. The molecule has 2 fully saturated rings. The van der Waals surface area contributed by atoms with E-state index in [0.29, 0.717) is 11.3 Å². The summed E-state index contributed by atoms with van der Waals surface area (Å²) in [6.07, 6.45) is 5.93. The van der Waals surface area contributed by atoms with Crippen LogP contribution in [0, 0.1) is 17.3 Å². The molecule has 0 aromatic rings. The number of nitrogens with zero attached hydrogens (tertiary/aromatic N) is 1. The minimum absolute atomic E-state index is 0.0807. The second kappa shape index (κ2) is 5.98. The molecule has 0 spiro atoms. The van der Waals surface area contributed by atoms with Gasteiger partial charge in [0.25, 0.3) is 0 Å².